The van der Waals surface area contributed by atoms with Crippen LogP contribution in [0.15, 0.2) is 6.33 Å². The number of carbonyl (C=O) groups excluding carboxylic acids is 1. The molecule has 3 N–H and O–H groups in total. The molecule has 8 nitrogen and oxygen atoms in total. The molecule has 1 aromatic heterocycles. The standard InChI is InChI=1S/C12H21N5O3/c1-4-17(12(2,3)10(18)19)11(20)13-7-5-6-9-14-8-15-16-9/h8H,4-7H2,1-3H3,(H,13,20)(H,18,19)(H,14,15,16). The van der Waals surface area contributed by atoms with Crippen molar-refractivity contribution in [3.8, 4) is 0 Å². The Morgan fingerprint density at radius 2 is 2.20 bits per heavy atom. The van der Waals surface area contributed by atoms with Crippen LogP contribution in [-0.2, 0) is 11.2 Å². The summed E-state index contributed by atoms with van der Waals surface area (Å²) in [5, 5.41) is 18.3. The molecule has 8 heteroatoms. The molecule has 1 rings (SSSR count). The second kappa shape index (κ2) is 6.88. The number of amides is 2. The summed E-state index contributed by atoms with van der Waals surface area (Å²) < 4.78 is 0. The van der Waals surface area contributed by atoms with Gasteiger partial charge < -0.3 is 15.3 Å². The van der Waals surface area contributed by atoms with E-state index in [9.17, 15) is 9.59 Å². The van der Waals surface area contributed by atoms with Crippen LogP contribution in [0, 0.1) is 0 Å². The first kappa shape index (κ1) is 15.9. The van der Waals surface area contributed by atoms with Gasteiger partial charge in [-0.1, -0.05) is 0 Å². The number of carboxylic acids is 1. The molecule has 1 heterocycles. The Morgan fingerprint density at radius 3 is 2.70 bits per heavy atom. The molecule has 0 unspecified atom stereocenters. The highest BCUT2D eigenvalue weighted by Gasteiger charge is 2.36. The zero-order valence-corrected chi connectivity index (χ0v) is 12.0. The normalized spacial score (nSPS) is 11.2. The summed E-state index contributed by atoms with van der Waals surface area (Å²) >= 11 is 0. The van der Waals surface area contributed by atoms with Gasteiger partial charge in [-0.15, -0.1) is 0 Å². The van der Waals surface area contributed by atoms with Crippen molar-refractivity contribution in [1.82, 2.24) is 25.4 Å². The van der Waals surface area contributed by atoms with Crippen LogP contribution in [-0.4, -0.2) is 55.8 Å². The van der Waals surface area contributed by atoms with E-state index in [1.54, 1.807) is 6.92 Å². The van der Waals surface area contributed by atoms with E-state index < -0.39 is 11.5 Å². The largest absolute Gasteiger partial charge is 0.480 e. The molecule has 1 aromatic rings. The van der Waals surface area contributed by atoms with Gasteiger partial charge in [0, 0.05) is 19.5 Å². The van der Waals surface area contributed by atoms with Gasteiger partial charge in [0.25, 0.3) is 0 Å². The lowest BCUT2D eigenvalue weighted by molar-refractivity contribution is -0.147. The fourth-order valence-corrected chi connectivity index (χ4v) is 1.81. The van der Waals surface area contributed by atoms with Gasteiger partial charge >= 0.3 is 12.0 Å². The number of nitrogens with one attached hydrogen (secondary N) is 2. The molecular weight excluding hydrogens is 262 g/mol. The van der Waals surface area contributed by atoms with Crippen LogP contribution in [0.2, 0.25) is 0 Å². The van der Waals surface area contributed by atoms with Gasteiger partial charge in [-0.2, -0.15) is 5.10 Å². The van der Waals surface area contributed by atoms with E-state index in [4.69, 9.17) is 5.11 Å². The maximum absolute atomic E-state index is 12.0. The van der Waals surface area contributed by atoms with Crippen molar-refractivity contribution in [3.63, 3.8) is 0 Å². The van der Waals surface area contributed by atoms with E-state index in [2.05, 4.69) is 20.5 Å². The summed E-state index contributed by atoms with van der Waals surface area (Å²) in [5.74, 6) is -0.270. The van der Waals surface area contributed by atoms with E-state index in [0.29, 0.717) is 25.9 Å². The Morgan fingerprint density at radius 1 is 1.50 bits per heavy atom. The second-order valence-corrected chi connectivity index (χ2v) is 4.88. The minimum atomic E-state index is -1.23. The van der Waals surface area contributed by atoms with Crippen LogP contribution in [0.25, 0.3) is 0 Å². The molecule has 0 radical (unpaired) electrons. The summed E-state index contributed by atoms with van der Waals surface area (Å²) in [4.78, 5) is 28.4. The SMILES string of the molecule is CCN(C(=O)NCCCc1ncn[nH]1)C(C)(C)C(=O)O. The number of rotatable bonds is 7. The fourth-order valence-electron chi connectivity index (χ4n) is 1.81. The Labute approximate surface area is 117 Å². The maximum Gasteiger partial charge on any atom is 0.329 e. The molecule has 0 aliphatic heterocycles. The first-order valence-electron chi connectivity index (χ1n) is 6.52. The van der Waals surface area contributed by atoms with Gasteiger partial charge in [-0.3, -0.25) is 5.10 Å². The highest BCUT2D eigenvalue weighted by molar-refractivity contribution is 5.85. The number of urea groups is 1. The van der Waals surface area contributed by atoms with Crippen molar-refractivity contribution >= 4 is 12.0 Å². The van der Waals surface area contributed by atoms with Crippen molar-refractivity contribution in [3.05, 3.63) is 12.2 Å². The Bertz CT molecular complexity index is 444. The molecule has 0 atom stereocenters. The van der Waals surface area contributed by atoms with E-state index >= 15 is 0 Å². The van der Waals surface area contributed by atoms with Gasteiger partial charge in [0.15, 0.2) is 0 Å². The summed E-state index contributed by atoms with van der Waals surface area (Å²) in [6.07, 6.45) is 2.81. The molecule has 0 aliphatic carbocycles. The third-order valence-corrected chi connectivity index (χ3v) is 3.09. The molecule has 0 saturated carbocycles. The van der Waals surface area contributed by atoms with Crippen LogP contribution < -0.4 is 5.32 Å². The fraction of sp³-hybridized carbons (Fsp3) is 0.667. The average Bonchev–Trinajstić information content (AvgIpc) is 2.88. The lowest BCUT2D eigenvalue weighted by Gasteiger charge is -2.34. The molecular formula is C12H21N5O3. The van der Waals surface area contributed by atoms with E-state index in [1.807, 2.05) is 0 Å². The highest BCUT2D eigenvalue weighted by Crippen LogP contribution is 2.14. The van der Waals surface area contributed by atoms with Crippen molar-refractivity contribution in [2.24, 2.45) is 0 Å². The number of likely N-dealkylation sites (N-methyl/N-ethyl adjacent to an activating group) is 1. The van der Waals surface area contributed by atoms with Crippen LogP contribution in [0.3, 0.4) is 0 Å². The van der Waals surface area contributed by atoms with Crippen molar-refractivity contribution in [1.29, 1.82) is 0 Å². The van der Waals surface area contributed by atoms with Crippen LogP contribution in [0.5, 0.6) is 0 Å². The minimum absolute atomic E-state index is 0.327. The van der Waals surface area contributed by atoms with Crippen molar-refractivity contribution in [2.75, 3.05) is 13.1 Å². The summed E-state index contributed by atoms with van der Waals surface area (Å²) in [5.41, 5.74) is -1.23. The quantitative estimate of drug-likeness (QED) is 0.636. The number of carbonyl (C=O) groups is 2. The Kier molecular flexibility index (Phi) is 5.48. The second-order valence-electron chi connectivity index (χ2n) is 4.88. The van der Waals surface area contributed by atoms with Crippen molar-refractivity contribution < 1.29 is 14.7 Å². The molecule has 0 bridgehead atoms. The lowest BCUT2D eigenvalue weighted by Crippen LogP contribution is -2.56. The minimum Gasteiger partial charge on any atom is -0.480 e. The summed E-state index contributed by atoms with van der Waals surface area (Å²) in [6, 6.07) is -0.377. The van der Waals surface area contributed by atoms with Gasteiger partial charge in [-0.25, -0.2) is 14.6 Å². The van der Waals surface area contributed by atoms with E-state index in [0.717, 1.165) is 5.82 Å². The number of nitrogens with zero attached hydrogens (tertiary/aromatic N) is 3. The van der Waals surface area contributed by atoms with E-state index in [-0.39, 0.29) is 6.03 Å². The molecule has 20 heavy (non-hydrogen) atoms. The smallest absolute Gasteiger partial charge is 0.329 e. The molecule has 0 aromatic carbocycles. The molecule has 0 saturated heterocycles. The third kappa shape index (κ3) is 3.94. The van der Waals surface area contributed by atoms with Gasteiger partial charge in [0.1, 0.15) is 17.7 Å². The number of carboxylic acid groups (broad SMARTS) is 1. The first-order chi connectivity index (χ1) is 9.39. The average molecular weight is 283 g/mol. The predicted octanol–water partition coefficient (Wildman–Crippen LogP) is 0.632. The summed E-state index contributed by atoms with van der Waals surface area (Å²) in [7, 11) is 0. The number of hydrogen-bond donors (Lipinski definition) is 3. The highest BCUT2D eigenvalue weighted by atomic mass is 16.4. The first-order valence-corrected chi connectivity index (χ1v) is 6.52. The third-order valence-electron chi connectivity index (χ3n) is 3.09. The molecule has 0 spiro atoms. The Balaban J connectivity index is 2.42. The molecule has 0 fully saturated rings. The van der Waals surface area contributed by atoms with Crippen molar-refractivity contribution in [2.45, 2.75) is 39.2 Å². The maximum atomic E-state index is 12.0. The number of aromatic nitrogens is 3. The lowest BCUT2D eigenvalue weighted by atomic mass is 10.0. The van der Waals surface area contributed by atoms with Crippen LogP contribution in [0.1, 0.15) is 33.0 Å². The zero-order valence-electron chi connectivity index (χ0n) is 12.0. The zero-order chi connectivity index (χ0) is 15.2. The summed E-state index contributed by atoms with van der Waals surface area (Å²) in [6.45, 7) is 5.54. The van der Waals surface area contributed by atoms with Crippen LogP contribution in [0.4, 0.5) is 4.79 Å². The number of aliphatic carboxylic acids is 1. The predicted molar refractivity (Wildman–Crippen MR) is 72.2 cm³/mol. The number of aromatic amines is 1. The van der Waals surface area contributed by atoms with Gasteiger partial charge in [0.2, 0.25) is 0 Å². The monoisotopic (exact) mass is 283 g/mol. The topological polar surface area (TPSA) is 111 Å². The number of hydrogen-bond acceptors (Lipinski definition) is 4. The number of H-pyrrole nitrogens is 1. The number of aryl methyl sites for hydroxylation is 1. The molecule has 2 amide bonds. The Hall–Kier alpha value is -2.12. The molecule has 0 aliphatic rings. The van der Waals surface area contributed by atoms with Gasteiger partial charge in [0.05, 0.1) is 0 Å². The molecule has 112 valence electrons. The van der Waals surface area contributed by atoms with E-state index in [1.165, 1.54) is 25.1 Å². The van der Waals surface area contributed by atoms with Gasteiger partial charge in [-0.05, 0) is 27.2 Å². The van der Waals surface area contributed by atoms with Crippen LogP contribution >= 0.6 is 0 Å².